The molecule has 1 aliphatic heterocycles. The molecule has 1 aliphatic rings. The van der Waals surface area contributed by atoms with Crippen molar-refractivity contribution in [2.45, 2.75) is 135 Å². The number of aliphatic hydroxyl groups excluding tert-OH is 1. The lowest BCUT2D eigenvalue weighted by Gasteiger charge is -2.38. The van der Waals surface area contributed by atoms with Gasteiger partial charge in [0, 0.05) is 6.42 Å². The number of carbonyl (C=O) groups excluding carboxylic acids is 1. The van der Waals surface area contributed by atoms with Gasteiger partial charge < -0.3 is 19.0 Å². The molecule has 1 fully saturated rings. The Kier molecular flexibility index (Phi) is 11.9. The average Bonchev–Trinajstić information content (AvgIpc) is 3.01. The maximum absolute atomic E-state index is 13.0. The summed E-state index contributed by atoms with van der Waals surface area (Å²) in [6.45, 7) is 15.6. The molecule has 0 spiro atoms. The van der Waals surface area contributed by atoms with Crippen molar-refractivity contribution in [2.75, 3.05) is 12.9 Å². The molecule has 1 rings (SSSR count). The Morgan fingerprint density at radius 2 is 1.65 bits per heavy atom. The molecule has 1 heterocycles. The van der Waals surface area contributed by atoms with E-state index in [0.29, 0.717) is 6.42 Å². The van der Waals surface area contributed by atoms with Gasteiger partial charge in [-0.1, -0.05) is 59.8 Å². The molecular formula is C24H48O8SSi. The van der Waals surface area contributed by atoms with Crippen molar-refractivity contribution in [1.82, 2.24) is 0 Å². The molecule has 0 aromatic carbocycles. The molecule has 0 aromatic rings. The maximum Gasteiger partial charge on any atom is 0.264 e. The van der Waals surface area contributed by atoms with Crippen LogP contribution in [-0.4, -0.2) is 70.7 Å². The van der Waals surface area contributed by atoms with Crippen molar-refractivity contribution in [1.29, 1.82) is 0 Å². The van der Waals surface area contributed by atoms with E-state index in [1.165, 1.54) is 6.42 Å². The molecule has 1 saturated heterocycles. The van der Waals surface area contributed by atoms with E-state index >= 15 is 0 Å². The number of rotatable bonds is 15. The fourth-order valence-corrected chi connectivity index (χ4v) is 5.27. The molecule has 34 heavy (non-hydrogen) atoms. The van der Waals surface area contributed by atoms with Gasteiger partial charge in [0.1, 0.15) is 24.4 Å². The zero-order chi connectivity index (χ0) is 26.4. The quantitative estimate of drug-likeness (QED) is 0.189. The van der Waals surface area contributed by atoms with Crippen LogP contribution < -0.4 is 0 Å². The molecule has 1 N–H and O–H groups in total. The maximum atomic E-state index is 13.0. The minimum atomic E-state index is -3.90. The van der Waals surface area contributed by atoms with Crippen LogP contribution in [0.3, 0.4) is 0 Å². The van der Waals surface area contributed by atoms with Crippen LogP contribution in [0.15, 0.2) is 0 Å². The van der Waals surface area contributed by atoms with E-state index in [-0.39, 0.29) is 17.4 Å². The van der Waals surface area contributed by atoms with Crippen LogP contribution in [0.25, 0.3) is 0 Å². The lowest BCUT2D eigenvalue weighted by molar-refractivity contribution is -0.164. The van der Waals surface area contributed by atoms with Crippen LogP contribution in [0.4, 0.5) is 0 Å². The number of hydrogen-bond acceptors (Lipinski definition) is 8. The summed E-state index contributed by atoms with van der Waals surface area (Å²) >= 11 is 0. The second kappa shape index (κ2) is 12.7. The SMILES string of the molecule is CCCCCCCCC(=O)[C@H]1OC(C)(C)O[C@H]1[C@H](O)[C@H](CO[Si](C)(C)C(C)(C)C)OS(C)(=O)=O. The number of ketones is 1. The Hall–Kier alpha value is -0.363. The largest absolute Gasteiger partial charge is 0.414 e. The molecule has 4 atom stereocenters. The summed E-state index contributed by atoms with van der Waals surface area (Å²) in [6, 6.07) is 0. The number of ether oxygens (including phenoxy) is 2. The van der Waals surface area contributed by atoms with Gasteiger partial charge in [0.25, 0.3) is 10.1 Å². The molecule has 0 saturated carbocycles. The Labute approximate surface area is 208 Å². The van der Waals surface area contributed by atoms with E-state index in [9.17, 15) is 18.3 Å². The third kappa shape index (κ3) is 10.3. The molecule has 202 valence electrons. The number of hydrogen-bond donors (Lipinski definition) is 1. The van der Waals surface area contributed by atoms with Crippen LogP contribution in [0.2, 0.25) is 18.1 Å². The first-order chi connectivity index (χ1) is 15.4. The van der Waals surface area contributed by atoms with Gasteiger partial charge >= 0.3 is 0 Å². The topological polar surface area (TPSA) is 108 Å². The van der Waals surface area contributed by atoms with E-state index in [1.54, 1.807) is 13.8 Å². The van der Waals surface area contributed by atoms with Crippen molar-refractivity contribution in [3.05, 3.63) is 0 Å². The molecule has 0 amide bonds. The van der Waals surface area contributed by atoms with Gasteiger partial charge in [-0.15, -0.1) is 0 Å². The third-order valence-corrected chi connectivity index (χ3v) is 11.8. The van der Waals surface area contributed by atoms with Gasteiger partial charge in [0.15, 0.2) is 19.9 Å². The van der Waals surface area contributed by atoms with Crippen LogP contribution in [-0.2, 0) is 33.0 Å². The molecule has 0 bridgehead atoms. The fourth-order valence-electron chi connectivity index (χ4n) is 3.64. The van der Waals surface area contributed by atoms with Crippen molar-refractivity contribution in [3.8, 4) is 0 Å². The summed E-state index contributed by atoms with van der Waals surface area (Å²) in [6.07, 6.45) is 2.81. The summed E-state index contributed by atoms with van der Waals surface area (Å²) < 4.78 is 47.0. The van der Waals surface area contributed by atoms with E-state index in [2.05, 4.69) is 27.7 Å². The molecule has 0 aliphatic carbocycles. The lowest BCUT2D eigenvalue weighted by atomic mass is 9.97. The van der Waals surface area contributed by atoms with Crippen molar-refractivity contribution < 1.29 is 36.4 Å². The first-order valence-corrected chi connectivity index (χ1v) is 17.2. The molecule has 8 nitrogen and oxygen atoms in total. The number of unbranched alkanes of at least 4 members (excludes halogenated alkanes) is 5. The zero-order valence-corrected chi connectivity index (χ0v) is 24.5. The van der Waals surface area contributed by atoms with Gasteiger partial charge in [-0.3, -0.25) is 8.98 Å². The first kappa shape index (κ1) is 31.7. The van der Waals surface area contributed by atoms with E-state index < -0.39 is 48.6 Å². The second-order valence-corrected chi connectivity index (χ2v) is 17.8. The van der Waals surface area contributed by atoms with Crippen LogP contribution in [0.1, 0.15) is 86.5 Å². The van der Waals surface area contributed by atoms with Gasteiger partial charge in [-0.25, -0.2) is 0 Å². The predicted octanol–water partition coefficient (Wildman–Crippen LogP) is 4.55. The van der Waals surface area contributed by atoms with Crippen molar-refractivity contribution >= 4 is 24.2 Å². The average molecular weight is 525 g/mol. The Balaban J connectivity index is 2.96. The minimum Gasteiger partial charge on any atom is -0.414 e. The van der Waals surface area contributed by atoms with Crippen molar-refractivity contribution in [2.24, 2.45) is 0 Å². The molecule has 0 unspecified atom stereocenters. The monoisotopic (exact) mass is 524 g/mol. The van der Waals surface area contributed by atoms with Gasteiger partial charge in [-0.05, 0) is 38.4 Å². The van der Waals surface area contributed by atoms with E-state index in [4.69, 9.17) is 18.1 Å². The van der Waals surface area contributed by atoms with Gasteiger partial charge in [0.2, 0.25) is 0 Å². The van der Waals surface area contributed by atoms with Crippen molar-refractivity contribution in [3.63, 3.8) is 0 Å². The van der Waals surface area contributed by atoms with Gasteiger partial charge in [0.05, 0.1) is 12.9 Å². The van der Waals surface area contributed by atoms with Crippen LogP contribution in [0, 0.1) is 0 Å². The zero-order valence-electron chi connectivity index (χ0n) is 22.7. The predicted molar refractivity (Wildman–Crippen MR) is 136 cm³/mol. The first-order valence-electron chi connectivity index (χ1n) is 12.5. The fraction of sp³-hybridized carbons (Fsp3) is 0.958. The lowest BCUT2D eigenvalue weighted by Crippen LogP contribution is -2.51. The highest BCUT2D eigenvalue weighted by atomic mass is 32.2. The van der Waals surface area contributed by atoms with E-state index in [1.807, 2.05) is 13.1 Å². The van der Waals surface area contributed by atoms with Crippen LogP contribution in [0.5, 0.6) is 0 Å². The van der Waals surface area contributed by atoms with E-state index in [0.717, 1.165) is 38.4 Å². The molecular weight excluding hydrogens is 476 g/mol. The minimum absolute atomic E-state index is 0.113. The highest BCUT2D eigenvalue weighted by Gasteiger charge is 2.51. The second-order valence-electron chi connectivity index (χ2n) is 11.4. The summed E-state index contributed by atoms with van der Waals surface area (Å²) in [7, 11) is -6.15. The normalized spacial score (nSPS) is 23.1. The number of carbonyl (C=O) groups is 1. The molecule has 10 heteroatoms. The third-order valence-electron chi connectivity index (χ3n) is 6.65. The number of aliphatic hydroxyl groups is 1. The summed E-state index contributed by atoms with van der Waals surface area (Å²) in [4.78, 5) is 13.0. The molecule has 0 aromatic heterocycles. The Morgan fingerprint density at radius 3 is 2.18 bits per heavy atom. The highest BCUT2D eigenvalue weighted by molar-refractivity contribution is 7.86. The standard InChI is InChI=1S/C24H48O8SSi/c1-10-11-12-13-14-15-16-18(25)21-22(31-24(5,6)30-21)20(26)19(32-33(7,27)28)17-29-34(8,9)23(2,3)4/h19-22,26H,10-17H2,1-9H3/t19-,20+,21+,22-/m0/s1. The number of Topliss-reactive ketones (excluding diaryl/α,β-unsaturated/α-hetero) is 1. The van der Waals surface area contributed by atoms with Gasteiger partial charge in [-0.2, -0.15) is 8.42 Å². The summed E-state index contributed by atoms with van der Waals surface area (Å²) in [5, 5.41) is 11.1. The molecule has 0 radical (unpaired) electrons. The smallest absolute Gasteiger partial charge is 0.264 e. The highest BCUT2D eigenvalue weighted by Crippen LogP contribution is 2.37. The van der Waals surface area contributed by atoms with Crippen LogP contribution >= 0.6 is 0 Å². The summed E-state index contributed by atoms with van der Waals surface area (Å²) in [5.41, 5.74) is 0. The summed E-state index contributed by atoms with van der Waals surface area (Å²) in [5.74, 6) is -1.25. The Morgan fingerprint density at radius 1 is 1.09 bits per heavy atom. The Bertz CT molecular complexity index is 745.